The van der Waals surface area contributed by atoms with Crippen molar-refractivity contribution >= 4 is 0 Å². The van der Waals surface area contributed by atoms with Gasteiger partial charge in [0.15, 0.2) is 0 Å². The molecule has 0 heterocycles. The van der Waals surface area contributed by atoms with Crippen molar-refractivity contribution in [1.82, 2.24) is 0 Å². The van der Waals surface area contributed by atoms with Gasteiger partial charge >= 0.3 is 0 Å². The molecule has 3 unspecified atom stereocenters. The average Bonchev–Trinajstić information content (AvgIpc) is 3.54. The minimum atomic E-state index is 0.217. The van der Waals surface area contributed by atoms with Crippen LogP contribution >= 0.6 is 0 Å². The maximum absolute atomic E-state index is 6.83. The second kappa shape index (κ2) is 8.94. The number of ether oxygens (including phenoxy) is 1. The predicted octanol–water partition coefficient (Wildman–Crippen LogP) is 7.81. The van der Waals surface area contributed by atoms with Gasteiger partial charge in [-0.1, -0.05) is 77.0 Å². The van der Waals surface area contributed by atoms with Crippen LogP contribution in [-0.2, 0) is 11.2 Å². The summed E-state index contributed by atoms with van der Waals surface area (Å²) in [6.45, 7) is 10.5. The lowest BCUT2D eigenvalue weighted by Gasteiger charge is -2.41. The Morgan fingerprint density at radius 3 is 2.69 bits per heavy atom. The normalized spacial score (nSPS) is 35.0. The molecule has 0 saturated heterocycles. The Morgan fingerprint density at radius 1 is 1.07 bits per heavy atom. The first-order chi connectivity index (χ1) is 14.2. The molecule has 0 aliphatic heterocycles. The van der Waals surface area contributed by atoms with E-state index in [1.165, 1.54) is 61.6 Å². The fraction of sp³-hybridized carbons (Fsp3) is 0.571. The van der Waals surface area contributed by atoms with E-state index in [4.69, 9.17) is 4.74 Å². The van der Waals surface area contributed by atoms with Crippen LogP contribution in [0.25, 0.3) is 0 Å². The number of rotatable bonds is 4. The van der Waals surface area contributed by atoms with E-state index >= 15 is 0 Å². The topological polar surface area (TPSA) is 9.23 Å². The number of hydrogen-bond donors (Lipinski definition) is 0. The third kappa shape index (κ3) is 4.25. The van der Waals surface area contributed by atoms with E-state index in [9.17, 15) is 0 Å². The van der Waals surface area contributed by atoms with Gasteiger partial charge in [0, 0.05) is 5.92 Å². The van der Waals surface area contributed by atoms with Crippen molar-refractivity contribution in [2.24, 2.45) is 29.6 Å². The van der Waals surface area contributed by atoms with Crippen LogP contribution in [0.15, 0.2) is 60.4 Å². The minimum absolute atomic E-state index is 0.217. The molecule has 1 aromatic rings. The summed E-state index contributed by atoms with van der Waals surface area (Å²) in [5, 5.41) is 0. The highest BCUT2D eigenvalue weighted by Crippen LogP contribution is 2.52. The standard InChI is InChI=1S/C26H32O.C2H6/c1-3-18-14-22(15-21-16-25(18)21)27-26-23-10-5-4-8-19(23)11-12-24(26)20-9-6-7-17(2)13-20;1-2/h3-5,8,10,14-15,17,20-21,24-26H,1,6-7,9,11-13,16H2,2H3;1-2H3/t17-,20?,21?,24-,25?,26+;/m1./s1. The van der Waals surface area contributed by atoms with E-state index in [1.54, 1.807) is 0 Å². The summed E-state index contributed by atoms with van der Waals surface area (Å²) >= 11 is 0. The summed E-state index contributed by atoms with van der Waals surface area (Å²) in [5.41, 5.74) is 4.32. The van der Waals surface area contributed by atoms with E-state index in [1.807, 2.05) is 19.9 Å². The number of benzene rings is 1. The third-order valence-corrected chi connectivity index (χ3v) is 7.53. The minimum Gasteiger partial charge on any atom is -0.486 e. The van der Waals surface area contributed by atoms with Gasteiger partial charge in [0.1, 0.15) is 11.9 Å². The van der Waals surface area contributed by atoms with E-state index < -0.39 is 0 Å². The van der Waals surface area contributed by atoms with Crippen LogP contribution in [0.3, 0.4) is 0 Å². The van der Waals surface area contributed by atoms with Gasteiger partial charge in [0.2, 0.25) is 0 Å². The van der Waals surface area contributed by atoms with Crippen LogP contribution in [0, 0.1) is 29.6 Å². The SMILES string of the molecule is C=CC1=CC(O[C@H]2c3ccccc3CC[C@@H]2C2CCC[C@@H](C)C2)=CC2CC12.CC. The molecule has 2 saturated carbocycles. The van der Waals surface area contributed by atoms with E-state index in [0.717, 1.165) is 17.6 Å². The fourth-order valence-electron chi connectivity index (χ4n) is 5.99. The number of fused-ring (bicyclic) bond motifs is 2. The lowest BCUT2D eigenvalue weighted by Crippen LogP contribution is -2.31. The lowest BCUT2D eigenvalue weighted by molar-refractivity contribution is 0.0131. The van der Waals surface area contributed by atoms with Gasteiger partial charge < -0.3 is 4.74 Å². The van der Waals surface area contributed by atoms with Gasteiger partial charge in [0.25, 0.3) is 0 Å². The van der Waals surface area contributed by atoms with Gasteiger partial charge in [-0.3, -0.25) is 0 Å². The first kappa shape index (κ1) is 20.5. The maximum atomic E-state index is 6.83. The van der Waals surface area contributed by atoms with Crippen molar-refractivity contribution in [1.29, 1.82) is 0 Å². The molecule has 5 rings (SSSR count). The number of aryl methyl sites for hydroxylation is 1. The highest BCUT2D eigenvalue weighted by molar-refractivity contribution is 5.40. The van der Waals surface area contributed by atoms with Crippen molar-refractivity contribution in [3.05, 3.63) is 71.5 Å². The molecule has 1 heteroatoms. The Kier molecular flexibility index (Phi) is 6.32. The molecule has 4 aliphatic carbocycles. The van der Waals surface area contributed by atoms with E-state index in [0.29, 0.717) is 17.8 Å². The molecule has 29 heavy (non-hydrogen) atoms. The molecule has 1 aromatic carbocycles. The van der Waals surface area contributed by atoms with Crippen LogP contribution in [-0.4, -0.2) is 0 Å². The Morgan fingerprint density at radius 2 is 1.90 bits per heavy atom. The molecule has 1 nitrogen and oxygen atoms in total. The zero-order valence-electron chi connectivity index (χ0n) is 18.6. The molecule has 0 radical (unpaired) electrons. The Labute approximate surface area is 177 Å². The summed E-state index contributed by atoms with van der Waals surface area (Å²) in [4.78, 5) is 0. The Hall–Kier alpha value is -1.76. The van der Waals surface area contributed by atoms with Crippen LogP contribution in [0.4, 0.5) is 0 Å². The zero-order valence-corrected chi connectivity index (χ0v) is 18.6. The molecule has 0 spiro atoms. The largest absolute Gasteiger partial charge is 0.486 e. The first-order valence-electron chi connectivity index (χ1n) is 12.0. The molecule has 0 amide bonds. The fourth-order valence-corrected chi connectivity index (χ4v) is 5.99. The molecule has 2 fully saturated rings. The van der Waals surface area contributed by atoms with Gasteiger partial charge in [-0.25, -0.2) is 0 Å². The van der Waals surface area contributed by atoms with Crippen molar-refractivity contribution < 1.29 is 4.74 Å². The molecular weight excluding hydrogens is 352 g/mol. The summed E-state index contributed by atoms with van der Waals surface area (Å²) < 4.78 is 6.83. The van der Waals surface area contributed by atoms with Gasteiger partial charge in [0.05, 0.1) is 0 Å². The highest BCUT2D eigenvalue weighted by atomic mass is 16.5. The Balaban J connectivity index is 0.000000994. The van der Waals surface area contributed by atoms with Crippen LogP contribution in [0.1, 0.15) is 76.5 Å². The quantitative estimate of drug-likeness (QED) is 0.509. The highest BCUT2D eigenvalue weighted by Gasteiger charge is 2.42. The lowest BCUT2D eigenvalue weighted by atomic mass is 9.68. The molecule has 0 aromatic heterocycles. The second-order valence-corrected chi connectivity index (χ2v) is 9.40. The van der Waals surface area contributed by atoms with E-state index in [2.05, 4.69) is 49.9 Å². The van der Waals surface area contributed by atoms with Crippen molar-refractivity contribution in [3.8, 4) is 0 Å². The summed E-state index contributed by atoms with van der Waals surface area (Å²) in [5.74, 6) is 4.83. The second-order valence-electron chi connectivity index (χ2n) is 9.40. The molecule has 4 aliphatic rings. The first-order valence-corrected chi connectivity index (χ1v) is 12.0. The number of allylic oxidation sites excluding steroid dienone is 4. The van der Waals surface area contributed by atoms with Gasteiger partial charge in [-0.2, -0.15) is 0 Å². The Bertz CT molecular complexity index is 785. The zero-order chi connectivity index (χ0) is 20.4. The van der Waals surface area contributed by atoms with Crippen molar-refractivity contribution in [2.45, 2.75) is 71.8 Å². The van der Waals surface area contributed by atoms with Crippen molar-refractivity contribution in [2.75, 3.05) is 0 Å². The molecule has 0 bridgehead atoms. The van der Waals surface area contributed by atoms with Crippen LogP contribution in [0.2, 0.25) is 0 Å². The molecule has 6 atom stereocenters. The predicted molar refractivity (Wildman–Crippen MR) is 123 cm³/mol. The monoisotopic (exact) mass is 390 g/mol. The average molecular weight is 391 g/mol. The van der Waals surface area contributed by atoms with Crippen LogP contribution < -0.4 is 0 Å². The summed E-state index contributed by atoms with van der Waals surface area (Å²) in [7, 11) is 0. The summed E-state index contributed by atoms with van der Waals surface area (Å²) in [6.07, 6.45) is 16.2. The van der Waals surface area contributed by atoms with Crippen LogP contribution in [0.5, 0.6) is 0 Å². The smallest absolute Gasteiger partial charge is 0.127 e. The summed E-state index contributed by atoms with van der Waals surface area (Å²) in [6, 6.07) is 9.00. The number of hydrogen-bond acceptors (Lipinski definition) is 1. The van der Waals surface area contributed by atoms with E-state index in [-0.39, 0.29) is 6.10 Å². The van der Waals surface area contributed by atoms with Gasteiger partial charge in [-0.05, 0) is 78.2 Å². The van der Waals surface area contributed by atoms with Crippen molar-refractivity contribution in [3.63, 3.8) is 0 Å². The third-order valence-electron chi connectivity index (χ3n) is 7.53. The molecular formula is C28H38O. The maximum Gasteiger partial charge on any atom is 0.127 e. The van der Waals surface area contributed by atoms with Gasteiger partial charge in [-0.15, -0.1) is 0 Å². The molecule has 156 valence electrons. The molecule has 0 N–H and O–H groups in total.